The molecule has 1 aliphatic carbocycles. The highest BCUT2D eigenvalue weighted by Gasteiger charge is 2.42. The average Bonchev–Trinajstić information content (AvgIpc) is 2.27. The third kappa shape index (κ3) is 3.19. The predicted octanol–water partition coefficient (Wildman–Crippen LogP) is 1.79. The average molecular weight is 229 g/mol. The summed E-state index contributed by atoms with van der Waals surface area (Å²) >= 11 is 0. The van der Waals surface area contributed by atoms with Crippen LogP contribution < -0.4 is 5.32 Å². The van der Waals surface area contributed by atoms with Crippen LogP contribution in [0.4, 0.5) is 0 Å². The first kappa shape index (κ1) is 13.5. The van der Waals surface area contributed by atoms with Crippen LogP contribution in [0.2, 0.25) is 0 Å². The second-order valence-corrected chi connectivity index (χ2v) is 4.49. The summed E-state index contributed by atoms with van der Waals surface area (Å²) in [5.74, 6) is -0.731. The summed E-state index contributed by atoms with van der Waals surface area (Å²) in [6.45, 7) is 5.42. The number of hydrogen-bond donors (Lipinski definition) is 2. The van der Waals surface area contributed by atoms with Gasteiger partial charge in [0.15, 0.2) is 0 Å². The van der Waals surface area contributed by atoms with E-state index in [-0.39, 0.29) is 6.10 Å². The Kier molecular flexibility index (Phi) is 5.22. The van der Waals surface area contributed by atoms with Crippen molar-refractivity contribution in [2.24, 2.45) is 0 Å². The Morgan fingerprint density at radius 2 is 2.31 bits per heavy atom. The van der Waals surface area contributed by atoms with Gasteiger partial charge in [-0.1, -0.05) is 6.92 Å². The number of rotatable bonds is 6. The summed E-state index contributed by atoms with van der Waals surface area (Å²) in [6.07, 6.45) is 4.26. The van der Waals surface area contributed by atoms with Crippen molar-refractivity contribution in [3.05, 3.63) is 0 Å². The summed E-state index contributed by atoms with van der Waals surface area (Å²) in [4.78, 5) is 11.4. The molecule has 1 saturated carbocycles. The van der Waals surface area contributed by atoms with Crippen LogP contribution in [0.3, 0.4) is 0 Å². The van der Waals surface area contributed by atoms with E-state index in [1.807, 2.05) is 13.8 Å². The van der Waals surface area contributed by atoms with E-state index in [2.05, 4.69) is 5.32 Å². The SMILES string of the molecule is CCCNC1(C(=O)O)CCCC(OCC)C1. The molecule has 4 nitrogen and oxygen atoms in total. The van der Waals surface area contributed by atoms with E-state index in [4.69, 9.17) is 4.74 Å². The predicted molar refractivity (Wildman–Crippen MR) is 62.5 cm³/mol. The molecular weight excluding hydrogens is 206 g/mol. The normalized spacial score (nSPS) is 30.2. The van der Waals surface area contributed by atoms with Crippen molar-refractivity contribution in [1.29, 1.82) is 0 Å². The Labute approximate surface area is 97.4 Å². The molecule has 0 bridgehead atoms. The maximum Gasteiger partial charge on any atom is 0.323 e. The summed E-state index contributed by atoms with van der Waals surface area (Å²) in [5.41, 5.74) is -0.756. The minimum absolute atomic E-state index is 0.0965. The molecule has 0 saturated heterocycles. The lowest BCUT2D eigenvalue weighted by atomic mass is 9.80. The van der Waals surface area contributed by atoms with E-state index in [0.717, 1.165) is 25.8 Å². The maximum atomic E-state index is 11.4. The molecule has 2 unspecified atom stereocenters. The number of aliphatic carboxylic acids is 1. The highest BCUT2D eigenvalue weighted by atomic mass is 16.5. The van der Waals surface area contributed by atoms with Crippen molar-refractivity contribution < 1.29 is 14.6 Å². The largest absolute Gasteiger partial charge is 0.480 e. The van der Waals surface area contributed by atoms with Crippen LogP contribution in [0.5, 0.6) is 0 Å². The molecule has 0 aromatic rings. The Balaban J connectivity index is 2.64. The van der Waals surface area contributed by atoms with E-state index in [0.29, 0.717) is 19.4 Å². The first-order valence-corrected chi connectivity index (χ1v) is 6.24. The molecule has 94 valence electrons. The molecule has 0 spiro atoms. The Morgan fingerprint density at radius 1 is 1.56 bits per heavy atom. The van der Waals surface area contributed by atoms with Crippen LogP contribution in [-0.2, 0) is 9.53 Å². The van der Waals surface area contributed by atoms with Gasteiger partial charge in [-0.2, -0.15) is 0 Å². The molecule has 1 rings (SSSR count). The van der Waals surface area contributed by atoms with Crippen LogP contribution in [0.1, 0.15) is 46.0 Å². The fraction of sp³-hybridized carbons (Fsp3) is 0.917. The van der Waals surface area contributed by atoms with Crippen molar-refractivity contribution in [3.8, 4) is 0 Å². The molecule has 0 heterocycles. The highest BCUT2D eigenvalue weighted by molar-refractivity contribution is 5.79. The number of ether oxygens (including phenoxy) is 1. The van der Waals surface area contributed by atoms with Gasteiger partial charge in [0.25, 0.3) is 0 Å². The van der Waals surface area contributed by atoms with Gasteiger partial charge in [-0.25, -0.2) is 0 Å². The molecular formula is C12H23NO3. The van der Waals surface area contributed by atoms with Gasteiger partial charge >= 0.3 is 5.97 Å². The van der Waals surface area contributed by atoms with Gasteiger partial charge in [-0.05, 0) is 39.2 Å². The summed E-state index contributed by atoms with van der Waals surface area (Å²) in [5, 5.41) is 12.6. The van der Waals surface area contributed by atoms with E-state index in [1.165, 1.54) is 0 Å². The lowest BCUT2D eigenvalue weighted by Crippen LogP contribution is -2.56. The van der Waals surface area contributed by atoms with Crippen LogP contribution in [0.15, 0.2) is 0 Å². The molecule has 0 aromatic carbocycles. The number of hydrogen-bond acceptors (Lipinski definition) is 3. The standard InChI is InChI=1S/C12H23NO3/c1-3-8-13-12(11(14)15)7-5-6-10(9-12)16-4-2/h10,13H,3-9H2,1-2H3,(H,14,15). The zero-order valence-electron chi connectivity index (χ0n) is 10.3. The molecule has 0 aliphatic heterocycles. The van der Waals surface area contributed by atoms with E-state index >= 15 is 0 Å². The van der Waals surface area contributed by atoms with E-state index < -0.39 is 11.5 Å². The first-order valence-electron chi connectivity index (χ1n) is 6.24. The minimum Gasteiger partial charge on any atom is -0.480 e. The van der Waals surface area contributed by atoms with Gasteiger partial charge in [0, 0.05) is 13.0 Å². The monoisotopic (exact) mass is 229 g/mol. The molecule has 2 atom stereocenters. The Bertz CT molecular complexity index is 230. The molecule has 4 heteroatoms. The van der Waals surface area contributed by atoms with Crippen LogP contribution in [0, 0.1) is 0 Å². The number of carboxylic acids is 1. The summed E-state index contributed by atoms with van der Waals surface area (Å²) in [7, 11) is 0. The first-order chi connectivity index (χ1) is 7.64. The van der Waals surface area contributed by atoms with Crippen molar-refractivity contribution in [2.45, 2.75) is 57.6 Å². The van der Waals surface area contributed by atoms with Crippen molar-refractivity contribution >= 4 is 5.97 Å². The quantitative estimate of drug-likeness (QED) is 0.729. The van der Waals surface area contributed by atoms with Crippen molar-refractivity contribution in [1.82, 2.24) is 5.32 Å². The van der Waals surface area contributed by atoms with Gasteiger partial charge in [-0.3, -0.25) is 4.79 Å². The van der Waals surface area contributed by atoms with Gasteiger partial charge in [0.1, 0.15) is 5.54 Å². The van der Waals surface area contributed by atoms with Gasteiger partial charge in [-0.15, -0.1) is 0 Å². The molecule has 1 aliphatic rings. The summed E-state index contributed by atoms with van der Waals surface area (Å²) < 4.78 is 5.56. The van der Waals surface area contributed by atoms with E-state index in [1.54, 1.807) is 0 Å². The fourth-order valence-electron chi connectivity index (χ4n) is 2.40. The third-order valence-electron chi connectivity index (χ3n) is 3.23. The van der Waals surface area contributed by atoms with Gasteiger partial charge in [0.2, 0.25) is 0 Å². The molecule has 16 heavy (non-hydrogen) atoms. The van der Waals surface area contributed by atoms with E-state index in [9.17, 15) is 9.90 Å². The highest BCUT2D eigenvalue weighted by Crippen LogP contribution is 2.30. The van der Waals surface area contributed by atoms with Crippen LogP contribution in [0.25, 0.3) is 0 Å². The topological polar surface area (TPSA) is 58.6 Å². The van der Waals surface area contributed by atoms with Gasteiger partial charge < -0.3 is 15.2 Å². The summed E-state index contributed by atoms with van der Waals surface area (Å²) in [6, 6.07) is 0. The molecule has 1 fully saturated rings. The lowest BCUT2D eigenvalue weighted by Gasteiger charge is -2.38. The zero-order chi connectivity index (χ0) is 12.0. The number of carbonyl (C=O) groups is 1. The second kappa shape index (κ2) is 6.21. The number of carboxylic acid groups (broad SMARTS) is 1. The van der Waals surface area contributed by atoms with Crippen LogP contribution >= 0.6 is 0 Å². The maximum absolute atomic E-state index is 11.4. The second-order valence-electron chi connectivity index (χ2n) is 4.49. The zero-order valence-corrected chi connectivity index (χ0v) is 10.3. The fourth-order valence-corrected chi connectivity index (χ4v) is 2.40. The molecule has 2 N–H and O–H groups in total. The Hall–Kier alpha value is -0.610. The van der Waals surface area contributed by atoms with Crippen LogP contribution in [-0.4, -0.2) is 35.9 Å². The smallest absolute Gasteiger partial charge is 0.323 e. The third-order valence-corrected chi connectivity index (χ3v) is 3.23. The van der Waals surface area contributed by atoms with Gasteiger partial charge in [0.05, 0.1) is 6.10 Å². The molecule has 0 radical (unpaired) electrons. The Morgan fingerprint density at radius 3 is 2.88 bits per heavy atom. The van der Waals surface area contributed by atoms with Crippen molar-refractivity contribution in [2.75, 3.05) is 13.2 Å². The minimum atomic E-state index is -0.756. The molecule has 0 aromatic heterocycles. The lowest BCUT2D eigenvalue weighted by molar-refractivity contribution is -0.149. The number of nitrogens with one attached hydrogen (secondary N) is 1. The molecule has 0 amide bonds. The van der Waals surface area contributed by atoms with Crippen molar-refractivity contribution in [3.63, 3.8) is 0 Å².